The van der Waals surface area contributed by atoms with Gasteiger partial charge in [0.15, 0.2) is 0 Å². The highest BCUT2D eigenvalue weighted by atomic mass is 16.5. The van der Waals surface area contributed by atoms with Gasteiger partial charge in [-0.1, -0.05) is 6.92 Å². The molecule has 5 nitrogen and oxygen atoms in total. The van der Waals surface area contributed by atoms with Gasteiger partial charge < -0.3 is 19.6 Å². The number of aliphatic hydroxyl groups is 1. The molecule has 0 radical (unpaired) electrons. The lowest BCUT2D eigenvalue weighted by atomic mass is 10.0. The van der Waals surface area contributed by atoms with Crippen molar-refractivity contribution in [1.82, 2.24) is 14.7 Å². The van der Waals surface area contributed by atoms with Gasteiger partial charge in [0.05, 0.1) is 19.3 Å². The summed E-state index contributed by atoms with van der Waals surface area (Å²) < 4.78 is 5.34. The van der Waals surface area contributed by atoms with Gasteiger partial charge in [-0.2, -0.15) is 0 Å². The lowest BCUT2D eigenvalue weighted by Gasteiger charge is -2.37. The minimum absolute atomic E-state index is 0.248. The van der Waals surface area contributed by atoms with E-state index in [2.05, 4.69) is 28.7 Å². The zero-order chi connectivity index (χ0) is 14.4. The quantitative estimate of drug-likeness (QED) is 0.749. The summed E-state index contributed by atoms with van der Waals surface area (Å²) in [5.74, 6) is 0. The van der Waals surface area contributed by atoms with Gasteiger partial charge in [-0.3, -0.25) is 4.90 Å². The van der Waals surface area contributed by atoms with Crippen LogP contribution in [0.5, 0.6) is 0 Å². The summed E-state index contributed by atoms with van der Waals surface area (Å²) in [6, 6.07) is 0.636. The van der Waals surface area contributed by atoms with Crippen LogP contribution in [0, 0.1) is 0 Å². The maximum absolute atomic E-state index is 10.3. The SMILES string of the molecule is CCN1CCC(N(C)CC(O)CN2CCOCC2)CC1. The van der Waals surface area contributed by atoms with E-state index in [1.807, 2.05) is 0 Å². The smallest absolute Gasteiger partial charge is 0.0793 e. The molecule has 0 aliphatic carbocycles. The van der Waals surface area contributed by atoms with E-state index in [-0.39, 0.29) is 6.10 Å². The molecular formula is C15H31N3O2. The van der Waals surface area contributed by atoms with Crippen molar-refractivity contribution in [3.05, 3.63) is 0 Å². The number of hydrogen-bond acceptors (Lipinski definition) is 5. The highest BCUT2D eigenvalue weighted by molar-refractivity contribution is 4.80. The molecule has 2 saturated heterocycles. The molecule has 2 fully saturated rings. The Balaban J connectivity index is 1.66. The molecule has 0 spiro atoms. The summed E-state index contributed by atoms with van der Waals surface area (Å²) in [5, 5.41) is 10.3. The number of likely N-dealkylation sites (N-methyl/N-ethyl adjacent to an activating group) is 1. The highest BCUT2D eigenvalue weighted by Gasteiger charge is 2.24. The fourth-order valence-electron chi connectivity index (χ4n) is 3.30. The zero-order valence-corrected chi connectivity index (χ0v) is 13.1. The fourth-order valence-corrected chi connectivity index (χ4v) is 3.30. The average molecular weight is 285 g/mol. The molecular weight excluding hydrogens is 254 g/mol. The Kier molecular flexibility index (Phi) is 6.71. The average Bonchev–Trinajstić information content (AvgIpc) is 2.48. The number of ether oxygens (including phenoxy) is 1. The maximum atomic E-state index is 10.3. The topological polar surface area (TPSA) is 39.2 Å². The van der Waals surface area contributed by atoms with Crippen molar-refractivity contribution in [1.29, 1.82) is 0 Å². The first-order chi connectivity index (χ1) is 9.69. The van der Waals surface area contributed by atoms with Crippen molar-refractivity contribution in [2.24, 2.45) is 0 Å². The maximum Gasteiger partial charge on any atom is 0.0793 e. The van der Waals surface area contributed by atoms with Gasteiger partial charge in [0, 0.05) is 32.2 Å². The van der Waals surface area contributed by atoms with Gasteiger partial charge in [0.2, 0.25) is 0 Å². The van der Waals surface area contributed by atoms with Crippen LogP contribution >= 0.6 is 0 Å². The predicted octanol–water partition coefficient (Wildman–Crippen LogP) is 0.0956. The van der Waals surface area contributed by atoms with Crippen molar-refractivity contribution in [3.8, 4) is 0 Å². The van der Waals surface area contributed by atoms with Gasteiger partial charge >= 0.3 is 0 Å². The van der Waals surface area contributed by atoms with Crippen molar-refractivity contribution in [2.45, 2.75) is 31.9 Å². The molecule has 2 aliphatic heterocycles. The van der Waals surface area contributed by atoms with Crippen molar-refractivity contribution in [2.75, 3.05) is 66.1 Å². The summed E-state index contributed by atoms with van der Waals surface area (Å²) in [6.45, 7) is 10.9. The van der Waals surface area contributed by atoms with E-state index >= 15 is 0 Å². The number of morpholine rings is 1. The molecule has 20 heavy (non-hydrogen) atoms. The van der Waals surface area contributed by atoms with Crippen LogP contribution in [0.3, 0.4) is 0 Å². The lowest BCUT2D eigenvalue weighted by molar-refractivity contribution is 0.00293. The molecule has 0 saturated carbocycles. The second kappa shape index (κ2) is 8.29. The molecule has 1 atom stereocenters. The Labute approximate surface area is 123 Å². The van der Waals surface area contributed by atoms with Crippen LogP contribution in [0.15, 0.2) is 0 Å². The highest BCUT2D eigenvalue weighted by Crippen LogP contribution is 2.15. The van der Waals surface area contributed by atoms with Gasteiger partial charge in [-0.15, -0.1) is 0 Å². The first kappa shape index (κ1) is 16.2. The monoisotopic (exact) mass is 285 g/mol. The standard InChI is InChI=1S/C15H31N3O2/c1-3-17-6-4-14(5-7-17)16(2)12-15(19)13-18-8-10-20-11-9-18/h14-15,19H,3-13H2,1-2H3. The molecule has 0 bridgehead atoms. The summed E-state index contributed by atoms with van der Waals surface area (Å²) in [4.78, 5) is 7.17. The molecule has 5 heteroatoms. The third kappa shape index (κ3) is 4.97. The van der Waals surface area contributed by atoms with Crippen molar-refractivity contribution >= 4 is 0 Å². The van der Waals surface area contributed by atoms with E-state index in [1.54, 1.807) is 0 Å². The van der Waals surface area contributed by atoms with Crippen LogP contribution in [0.2, 0.25) is 0 Å². The molecule has 1 N–H and O–H groups in total. The summed E-state index contributed by atoms with van der Waals surface area (Å²) in [6.07, 6.45) is 2.21. The first-order valence-electron chi connectivity index (χ1n) is 8.09. The van der Waals surface area contributed by atoms with Crippen LogP contribution in [0.25, 0.3) is 0 Å². The number of piperidine rings is 1. The van der Waals surface area contributed by atoms with Crippen molar-refractivity contribution in [3.63, 3.8) is 0 Å². The summed E-state index contributed by atoms with van der Waals surface area (Å²) >= 11 is 0. The Hall–Kier alpha value is -0.200. The number of nitrogens with zero attached hydrogens (tertiary/aromatic N) is 3. The third-order valence-corrected chi connectivity index (χ3v) is 4.70. The molecule has 118 valence electrons. The molecule has 1 unspecified atom stereocenters. The molecule has 0 aromatic rings. The minimum atomic E-state index is -0.248. The molecule has 2 aliphatic rings. The molecule has 0 aromatic carbocycles. The van der Waals surface area contributed by atoms with Crippen LogP contribution in [-0.2, 0) is 4.74 Å². The number of likely N-dealkylation sites (tertiary alicyclic amines) is 1. The largest absolute Gasteiger partial charge is 0.390 e. The number of β-amino-alcohol motifs (C(OH)–C–C–N with tert-alkyl or cyclic N) is 1. The number of hydrogen-bond donors (Lipinski definition) is 1. The fraction of sp³-hybridized carbons (Fsp3) is 1.00. The van der Waals surface area contributed by atoms with E-state index in [1.165, 1.54) is 25.9 Å². The molecule has 2 rings (SSSR count). The Bertz CT molecular complexity index is 264. The Morgan fingerprint density at radius 2 is 1.80 bits per heavy atom. The third-order valence-electron chi connectivity index (χ3n) is 4.70. The lowest BCUT2D eigenvalue weighted by Crippen LogP contribution is -2.48. The summed E-state index contributed by atoms with van der Waals surface area (Å²) in [5.41, 5.74) is 0. The van der Waals surface area contributed by atoms with Crippen molar-refractivity contribution < 1.29 is 9.84 Å². The van der Waals surface area contributed by atoms with Crippen LogP contribution in [-0.4, -0.2) is 98.0 Å². The Morgan fingerprint density at radius 1 is 1.15 bits per heavy atom. The van der Waals surface area contributed by atoms with Gasteiger partial charge in [0.25, 0.3) is 0 Å². The van der Waals surface area contributed by atoms with E-state index in [0.29, 0.717) is 6.04 Å². The molecule has 2 heterocycles. The van der Waals surface area contributed by atoms with E-state index in [9.17, 15) is 5.11 Å². The van der Waals surface area contributed by atoms with Crippen LogP contribution < -0.4 is 0 Å². The summed E-state index contributed by atoms with van der Waals surface area (Å²) in [7, 11) is 2.16. The van der Waals surface area contributed by atoms with Gasteiger partial charge in [-0.25, -0.2) is 0 Å². The molecule has 0 amide bonds. The number of aliphatic hydroxyl groups excluding tert-OH is 1. The predicted molar refractivity (Wildman–Crippen MR) is 81.0 cm³/mol. The number of rotatable bonds is 6. The zero-order valence-electron chi connectivity index (χ0n) is 13.1. The normalized spacial score (nSPS) is 25.2. The van der Waals surface area contributed by atoms with Gasteiger partial charge in [0.1, 0.15) is 0 Å². The molecule has 0 aromatic heterocycles. The van der Waals surface area contributed by atoms with E-state index in [4.69, 9.17) is 4.74 Å². The van der Waals surface area contributed by atoms with E-state index in [0.717, 1.165) is 45.9 Å². The van der Waals surface area contributed by atoms with Crippen LogP contribution in [0.1, 0.15) is 19.8 Å². The second-order valence-corrected chi connectivity index (χ2v) is 6.17. The Morgan fingerprint density at radius 3 is 2.40 bits per heavy atom. The second-order valence-electron chi connectivity index (χ2n) is 6.17. The van der Waals surface area contributed by atoms with Crippen LogP contribution in [0.4, 0.5) is 0 Å². The van der Waals surface area contributed by atoms with E-state index < -0.39 is 0 Å². The van der Waals surface area contributed by atoms with Gasteiger partial charge in [-0.05, 0) is 39.5 Å². The minimum Gasteiger partial charge on any atom is -0.390 e. The first-order valence-corrected chi connectivity index (χ1v) is 8.09.